The van der Waals surface area contributed by atoms with E-state index in [2.05, 4.69) is 0 Å². The standard InChI is InChI=1S/C10H22N2O2/c1-8(2)5-10(11,7-13)6-9(3,4)12(8)14/h13-14H,5-7,11H2,1-4H3. The van der Waals surface area contributed by atoms with Gasteiger partial charge in [0.2, 0.25) is 0 Å². The van der Waals surface area contributed by atoms with Crippen LogP contribution in [0, 0.1) is 0 Å². The molecule has 0 aliphatic carbocycles. The molecule has 0 aromatic carbocycles. The average Bonchev–Trinajstić information content (AvgIpc) is 1.99. The minimum absolute atomic E-state index is 0.0340. The van der Waals surface area contributed by atoms with Crippen LogP contribution in [-0.2, 0) is 0 Å². The fourth-order valence-electron chi connectivity index (χ4n) is 2.87. The lowest BCUT2D eigenvalue weighted by molar-refractivity contribution is -0.255. The van der Waals surface area contributed by atoms with Crippen LogP contribution in [0.4, 0.5) is 0 Å². The lowest BCUT2D eigenvalue weighted by atomic mass is 9.71. The molecule has 1 aliphatic heterocycles. The second-order valence-corrected chi connectivity index (χ2v) is 5.81. The molecule has 1 fully saturated rings. The molecule has 4 heteroatoms. The second-order valence-electron chi connectivity index (χ2n) is 5.81. The van der Waals surface area contributed by atoms with E-state index >= 15 is 0 Å². The zero-order chi connectivity index (χ0) is 11.2. The Morgan fingerprint density at radius 3 is 1.79 bits per heavy atom. The number of nitrogens with two attached hydrogens (primary N) is 1. The summed E-state index contributed by atoms with van der Waals surface area (Å²) in [7, 11) is 0. The van der Waals surface area contributed by atoms with Crippen LogP contribution >= 0.6 is 0 Å². The van der Waals surface area contributed by atoms with Crippen molar-refractivity contribution in [2.45, 2.75) is 57.2 Å². The maximum atomic E-state index is 9.99. The highest BCUT2D eigenvalue weighted by atomic mass is 16.5. The maximum Gasteiger partial charge on any atom is 0.0612 e. The van der Waals surface area contributed by atoms with Gasteiger partial charge in [0.1, 0.15) is 0 Å². The van der Waals surface area contributed by atoms with Gasteiger partial charge >= 0.3 is 0 Å². The van der Waals surface area contributed by atoms with Gasteiger partial charge in [-0.15, -0.1) is 0 Å². The molecule has 1 saturated heterocycles. The van der Waals surface area contributed by atoms with Gasteiger partial charge in [0.25, 0.3) is 0 Å². The summed E-state index contributed by atoms with van der Waals surface area (Å²) in [5, 5.41) is 20.6. The van der Waals surface area contributed by atoms with Gasteiger partial charge in [0.15, 0.2) is 0 Å². The molecule has 1 rings (SSSR count). The number of nitrogens with zero attached hydrogens (tertiary/aromatic N) is 1. The molecule has 0 aromatic rings. The molecule has 1 aliphatic rings. The summed E-state index contributed by atoms with van der Waals surface area (Å²) in [6.07, 6.45) is 1.19. The van der Waals surface area contributed by atoms with E-state index in [0.29, 0.717) is 12.8 Å². The molecule has 4 N–H and O–H groups in total. The topological polar surface area (TPSA) is 69.7 Å². The number of hydrogen-bond donors (Lipinski definition) is 3. The molecule has 0 atom stereocenters. The van der Waals surface area contributed by atoms with Gasteiger partial charge in [-0.3, -0.25) is 0 Å². The van der Waals surface area contributed by atoms with Crippen LogP contribution in [0.25, 0.3) is 0 Å². The molecule has 1 heterocycles. The van der Waals surface area contributed by atoms with E-state index in [0.717, 1.165) is 0 Å². The van der Waals surface area contributed by atoms with Crippen molar-refractivity contribution >= 4 is 0 Å². The molecule has 0 unspecified atom stereocenters. The molecule has 0 aromatic heterocycles. The van der Waals surface area contributed by atoms with Gasteiger partial charge in [-0.05, 0) is 40.5 Å². The fraction of sp³-hybridized carbons (Fsp3) is 1.00. The Labute approximate surface area is 85.7 Å². The van der Waals surface area contributed by atoms with Crippen molar-refractivity contribution in [2.75, 3.05) is 6.61 Å². The van der Waals surface area contributed by atoms with Crippen LogP contribution in [-0.4, -0.2) is 38.6 Å². The van der Waals surface area contributed by atoms with Crippen LogP contribution in [0.5, 0.6) is 0 Å². The Morgan fingerprint density at radius 1 is 1.14 bits per heavy atom. The van der Waals surface area contributed by atoms with E-state index in [4.69, 9.17) is 5.73 Å². The minimum Gasteiger partial charge on any atom is -0.394 e. The zero-order valence-corrected chi connectivity index (χ0v) is 9.54. The SMILES string of the molecule is CC1(C)CC(N)(CO)CC(C)(C)N1O. The van der Waals surface area contributed by atoms with Crippen molar-refractivity contribution in [2.24, 2.45) is 5.73 Å². The van der Waals surface area contributed by atoms with Gasteiger partial charge in [-0.1, -0.05) is 0 Å². The van der Waals surface area contributed by atoms with Crippen molar-refractivity contribution in [1.82, 2.24) is 5.06 Å². The smallest absolute Gasteiger partial charge is 0.0612 e. The predicted molar refractivity (Wildman–Crippen MR) is 55.0 cm³/mol. The lowest BCUT2D eigenvalue weighted by Gasteiger charge is -2.54. The number of aliphatic hydroxyl groups excluding tert-OH is 1. The third-order valence-electron chi connectivity index (χ3n) is 3.03. The van der Waals surface area contributed by atoms with Gasteiger partial charge in [-0.2, -0.15) is 5.06 Å². The fourth-order valence-corrected chi connectivity index (χ4v) is 2.87. The monoisotopic (exact) mass is 202 g/mol. The molecule has 0 amide bonds. The van der Waals surface area contributed by atoms with E-state index in [9.17, 15) is 10.3 Å². The molecular formula is C10H22N2O2. The van der Waals surface area contributed by atoms with E-state index in [1.165, 1.54) is 5.06 Å². The minimum atomic E-state index is -0.577. The summed E-state index contributed by atoms with van der Waals surface area (Å²) in [5.74, 6) is 0. The molecule has 14 heavy (non-hydrogen) atoms. The number of piperidine rings is 1. The Hall–Kier alpha value is -0.160. The van der Waals surface area contributed by atoms with Crippen molar-refractivity contribution in [1.29, 1.82) is 0 Å². The Balaban J connectivity index is 2.97. The Bertz CT molecular complexity index is 203. The van der Waals surface area contributed by atoms with E-state index in [-0.39, 0.29) is 17.7 Å². The van der Waals surface area contributed by atoms with Crippen LogP contribution < -0.4 is 5.73 Å². The first-order chi connectivity index (χ1) is 6.13. The molecule has 84 valence electrons. The number of aliphatic hydroxyl groups is 1. The highest BCUT2D eigenvalue weighted by Crippen LogP contribution is 2.40. The first-order valence-electron chi connectivity index (χ1n) is 5.02. The van der Waals surface area contributed by atoms with Crippen LogP contribution in [0.1, 0.15) is 40.5 Å². The largest absolute Gasteiger partial charge is 0.394 e. The highest BCUT2D eigenvalue weighted by molar-refractivity contribution is 5.05. The molecule has 0 bridgehead atoms. The highest BCUT2D eigenvalue weighted by Gasteiger charge is 2.50. The number of hydroxylamine groups is 2. The third kappa shape index (κ3) is 1.93. The van der Waals surface area contributed by atoms with Crippen molar-refractivity contribution in [3.8, 4) is 0 Å². The molecule has 0 spiro atoms. The van der Waals surface area contributed by atoms with Gasteiger partial charge in [0, 0.05) is 16.6 Å². The van der Waals surface area contributed by atoms with Crippen LogP contribution in [0.3, 0.4) is 0 Å². The van der Waals surface area contributed by atoms with Crippen LogP contribution in [0.15, 0.2) is 0 Å². The molecule has 0 saturated carbocycles. The summed E-state index contributed by atoms with van der Waals surface area (Å²) in [6.45, 7) is 7.71. The Morgan fingerprint density at radius 2 is 1.50 bits per heavy atom. The molecule has 4 nitrogen and oxygen atoms in total. The number of hydrogen-bond acceptors (Lipinski definition) is 4. The third-order valence-corrected chi connectivity index (χ3v) is 3.03. The lowest BCUT2D eigenvalue weighted by Crippen LogP contribution is -2.67. The summed E-state index contributed by atoms with van der Waals surface area (Å²) in [5.41, 5.74) is 4.73. The molecular weight excluding hydrogens is 180 g/mol. The summed E-state index contributed by atoms with van der Waals surface area (Å²) in [4.78, 5) is 0. The predicted octanol–water partition coefficient (Wildman–Crippen LogP) is 0.718. The van der Waals surface area contributed by atoms with E-state index < -0.39 is 5.54 Å². The van der Waals surface area contributed by atoms with Crippen molar-refractivity contribution in [3.05, 3.63) is 0 Å². The quantitative estimate of drug-likeness (QED) is 0.586. The normalized spacial score (nSPS) is 30.2. The van der Waals surface area contributed by atoms with Gasteiger partial charge < -0.3 is 16.0 Å². The number of rotatable bonds is 1. The Kier molecular flexibility index (Phi) is 2.69. The average molecular weight is 202 g/mol. The van der Waals surface area contributed by atoms with E-state index in [1.54, 1.807) is 0 Å². The van der Waals surface area contributed by atoms with Gasteiger partial charge in [-0.25, -0.2) is 0 Å². The molecule has 0 radical (unpaired) electrons. The summed E-state index contributed by atoms with van der Waals surface area (Å²) >= 11 is 0. The zero-order valence-electron chi connectivity index (χ0n) is 9.54. The van der Waals surface area contributed by atoms with Crippen molar-refractivity contribution < 1.29 is 10.3 Å². The second kappa shape index (κ2) is 3.17. The van der Waals surface area contributed by atoms with Crippen LogP contribution in [0.2, 0.25) is 0 Å². The van der Waals surface area contributed by atoms with Gasteiger partial charge in [0.05, 0.1) is 6.61 Å². The maximum absolute atomic E-state index is 9.99. The first-order valence-corrected chi connectivity index (χ1v) is 5.02. The van der Waals surface area contributed by atoms with Crippen molar-refractivity contribution in [3.63, 3.8) is 0 Å². The summed E-state index contributed by atoms with van der Waals surface area (Å²) < 4.78 is 0. The summed E-state index contributed by atoms with van der Waals surface area (Å²) in [6, 6.07) is 0. The first kappa shape index (κ1) is 11.9. The van der Waals surface area contributed by atoms with E-state index in [1.807, 2.05) is 27.7 Å².